The molecule has 2 aromatic rings. The molecule has 0 fully saturated rings. The summed E-state index contributed by atoms with van der Waals surface area (Å²) in [5.74, 6) is 0. The number of carbonyl (C=O) groups excluding carboxylic acids is 1. The monoisotopic (exact) mass is 341 g/mol. The summed E-state index contributed by atoms with van der Waals surface area (Å²) in [7, 11) is 3.85. The van der Waals surface area contributed by atoms with E-state index in [4.69, 9.17) is 0 Å². The molecule has 1 aromatic heterocycles. The number of urea groups is 1. The summed E-state index contributed by atoms with van der Waals surface area (Å²) in [4.78, 5) is 13.9. The number of anilines is 2. The van der Waals surface area contributed by atoms with E-state index in [9.17, 15) is 18.0 Å². The lowest BCUT2D eigenvalue weighted by Crippen LogP contribution is -2.21. The molecule has 6 nitrogen and oxygen atoms in total. The Labute approximate surface area is 137 Å². The maximum Gasteiger partial charge on any atom is 0.418 e. The SMILES string of the molecule is CN(C)CCn1cc(NC(=O)Nc2ccccc2C(F)(F)F)cn1. The summed E-state index contributed by atoms with van der Waals surface area (Å²) >= 11 is 0. The zero-order valence-electron chi connectivity index (χ0n) is 13.3. The zero-order valence-corrected chi connectivity index (χ0v) is 13.3. The van der Waals surface area contributed by atoms with E-state index in [0.29, 0.717) is 12.2 Å². The first kappa shape index (κ1) is 17.8. The van der Waals surface area contributed by atoms with E-state index in [1.54, 1.807) is 10.9 Å². The van der Waals surface area contributed by atoms with Gasteiger partial charge in [-0.1, -0.05) is 12.1 Å². The molecule has 0 spiro atoms. The van der Waals surface area contributed by atoms with Gasteiger partial charge in [0, 0.05) is 12.7 Å². The fourth-order valence-electron chi connectivity index (χ4n) is 1.98. The van der Waals surface area contributed by atoms with Crippen LogP contribution in [0.25, 0.3) is 0 Å². The molecule has 130 valence electrons. The first-order chi connectivity index (χ1) is 11.3. The van der Waals surface area contributed by atoms with Gasteiger partial charge < -0.3 is 15.5 Å². The summed E-state index contributed by atoms with van der Waals surface area (Å²) in [6, 6.07) is 4.03. The molecule has 1 aromatic carbocycles. The summed E-state index contributed by atoms with van der Waals surface area (Å²) in [5, 5.41) is 8.75. The molecule has 0 aliphatic rings. The number of hydrogen-bond donors (Lipinski definition) is 2. The van der Waals surface area contributed by atoms with Gasteiger partial charge >= 0.3 is 12.2 Å². The van der Waals surface area contributed by atoms with Crippen molar-refractivity contribution in [1.29, 1.82) is 0 Å². The van der Waals surface area contributed by atoms with Crippen molar-refractivity contribution in [3.63, 3.8) is 0 Å². The van der Waals surface area contributed by atoms with E-state index in [0.717, 1.165) is 12.6 Å². The van der Waals surface area contributed by atoms with Gasteiger partial charge in [-0.3, -0.25) is 4.68 Å². The molecule has 0 aliphatic heterocycles. The highest BCUT2D eigenvalue weighted by atomic mass is 19.4. The molecule has 0 atom stereocenters. The van der Waals surface area contributed by atoms with Gasteiger partial charge in [0.15, 0.2) is 0 Å². The van der Waals surface area contributed by atoms with Crippen molar-refractivity contribution in [3.05, 3.63) is 42.2 Å². The smallest absolute Gasteiger partial charge is 0.308 e. The second-order valence-electron chi connectivity index (χ2n) is 5.42. The van der Waals surface area contributed by atoms with Crippen LogP contribution in [0.4, 0.5) is 29.3 Å². The highest BCUT2D eigenvalue weighted by Gasteiger charge is 2.33. The van der Waals surface area contributed by atoms with Crippen LogP contribution in [0.3, 0.4) is 0 Å². The standard InChI is InChI=1S/C15H18F3N5O/c1-22(2)7-8-23-10-11(9-19-23)20-14(24)21-13-6-4-3-5-12(13)15(16,17)18/h3-6,9-10H,7-8H2,1-2H3,(H2,20,21,24). The minimum atomic E-state index is -4.54. The lowest BCUT2D eigenvalue weighted by Gasteiger charge is -2.13. The van der Waals surface area contributed by atoms with Crippen molar-refractivity contribution >= 4 is 17.4 Å². The quantitative estimate of drug-likeness (QED) is 0.878. The molecule has 1 heterocycles. The van der Waals surface area contributed by atoms with Crippen molar-refractivity contribution < 1.29 is 18.0 Å². The fraction of sp³-hybridized carbons (Fsp3) is 0.333. The number of nitrogens with zero attached hydrogens (tertiary/aromatic N) is 3. The summed E-state index contributed by atoms with van der Waals surface area (Å²) < 4.78 is 40.3. The second kappa shape index (κ2) is 7.35. The number of halogens is 3. The third-order valence-corrected chi connectivity index (χ3v) is 3.15. The van der Waals surface area contributed by atoms with Gasteiger partial charge in [-0.2, -0.15) is 18.3 Å². The van der Waals surface area contributed by atoms with Crippen molar-refractivity contribution in [2.75, 3.05) is 31.3 Å². The summed E-state index contributed by atoms with van der Waals surface area (Å²) in [6.45, 7) is 1.40. The minimum Gasteiger partial charge on any atom is -0.308 e. The van der Waals surface area contributed by atoms with Gasteiger partial charge in [-0.05, 0) is 26.2 Å². The minimum absolute atomic E-state index is 0.303. The molecule has 9 heteroatoms. The Balaban J connectivity index is 1.99. The molecule has 2 N–H and O–H groups in total. The van der Waals surface area contributed by atoms with Gasteiger partial charge in [0.05, 0.1) is 29.7 Å². The van der Waals surface area contributed by atoms with Crippen molar-refractivity contribution in [3.8, 4) is 0 Å². The molecule has 24 heavy (non-hydrogen) atoms. The normalized spacial score (nSPS) is 11.6. The molecule has 2 amide bonds. The van der Waals surface area contributed by atoms with Crippen LogP contribution < -0.4 is 10.6 Å². The predicted octanol–water partition coefficient (Wildman–Crippen LogP) is 3.11. The van der Waals surface area contributed by atoms with Crippen molar-refractivity contribution in [1.82, 2.24) is 14.7 Å². The molecular weight excluding hydrogens is 323 g/mol. The third-order valence-electron chi connectivity index (χ3n) is 3.15. The van der Waals surface area contributed by atoms with E-state index in [2.05, 4.69) is 15.7 Å². The average molecular weight is 341 g/mol. The first-order valence-corrected chi connectivity index (χ1v) is 7.17. The van der Waals surface area contributed by atoms with Gasteiger partial charge in [-0.15, -0.1) is 0 Å². The molecule has 0 radical (unpaired) electrons. The van der Waals surface area contributed by atoms with Crippen LogP contribution in [-0.2, 0) is 12.7 Å². The number of benzene rings is 1. The number of nitrogens with one attached hydrogen (secondary N) is 2. The second-order valence-corrected chi connectivity index (χ2v) is 5.42. The van der Waals surface area contributed by atoms with Gasteiger partial charge in [0.1, 0.15) is 0 Å². The van der Waals surface area contributed by atoms with Gasteiger partial charge in [0.25, 0.3) is 0 Å². The van der Waals surface area contributed by atoms with Crippen LogP contribution in [0.1, 0.15) is 5.56 Å². The van der Waals surface area contributed by atoms with E-state index in [1.165, 1.54) is 24.4 Å². The molecule has 0 bridgehead atoms. The molecule has 0 saturated carbocycles. The Kier molecular flexibility index (Phi) is 5.45. The molecule has 2 rings (SSSR count). The van der Waals surface area contributed by atoms with Gasteiger partial charge in [0.2, 0.25) is 0 Å². The number of rotatable bonds is 5. The number of carbonyl (C=O) groups is 1. The van der Waals surface area contributed by atoms with Crippen LogP contribution in [-0.4, -0.2) is 41.4 Å². The zero-order chi connectivity index (χ0) is 17.7. The Hall–Kier alpha value is -2.55. The predicted molar refractivity (Wildman–Crippen MR) is 84.9 cm³/mol. The van der Waals surface area contributed by atoms with Crippen LogP contribution in [0.5, 0.6) is 0 Å². The first-order valence-electron chi connectivity index (χ1n) is 7.17. The summed E-state index contributed by atoms with van der Waals surface area (Å²) in [5.41, 5.74) is -0.805. The van der Waals surface area contributed by atoms with Crippen molar-refractivity contribution in [2.45, 2.75) is 12.7 Å². The highest BCUT2D eigenvalue weighted by molar-refractivity contribution is 6.00. The third kappa shape index (κ3) is 4.98. The Bertz CT molecular complexity index is 696. The topological polar surface area (TPSA) is 62.2 Å². The number of hydrogen-bond acceptors (Lipinski definition) is 3. The number of para-hydroxylation sites is 1. The van der Waals surface area contributed by atoms with Gasteiger partial charge in [-0.25, -0.2) is 4.79 Å². The molecular formula is C15H18F3N5O. The van der Waals surface area contributed by atoms with Crippen LogP contribution in [0.2, 0.25) is 0 Å². The Morgan fingerprint density at radius 3 is 2.62 bits per heavy atom. The lowest BCUT2D eigenvalue weighted by molar-refractivity contribution is -0.136. The highest BCUT2D eigenvalue weighted by Crippen LogP contribution is 2.34. The molecule has 0 unspecified atom stereocenters. The molecule has 0 saturated heterocycles. The number of amides is 2. The fourth-order valence-corrected chi connectivity index (χ4v) is 1.98. The van der Waals surface area contributed by atoms with Crippen LogP contribution in [0.15, 0.2) is 36.7 Å². The number of alkyl halides is 3. The Morgan fingerprint density at radius 2 is 1.96 bits per heavy atom. The van der Waals surface area contributed by atoms with E-state index >= 15 is 0 Å². The van der Waals surface area contributed by atoms with Crippen LogP contribution >= 0.6 is 0 Å². The number of aromatic nitrogens is 2. The molecule has 0 aliphatic carbocycles. The largest absolute Gasteiger partial charge is 0.418 e. The van der Waals surface area contributed by atoms with Crippen molar-refractivity contribution in [2.24, 2.45) is 0 Å². The number of likely N-dealkylation sites (N-methyl/N-ethyl adjacent to an activating group) is 1. The summed E-state index contributed by atoms with van der Waals surface area (Å²) in [6.07, 6.45) is -1.50. The Morgan fingerprint density at radius 1 is 1.25 bits per heavy atom. The maximum absolute atomic E-state index is 12.9. The van der Waals surface area contributed by atoms with Crippen LogP contribution in [0, 0.1) is 0 Å². The van der Waals surface area contributed by atoms with E-state index < -0.39 is 17.8 Å². The maximum atomic E-state index is 12.9. The van der Waals surface area contributed by atoms with E-state index in [1.807, 2.05) is 19.0 Å². The lowest BCUT2D eigenvalue weighted by atomic mass is 10.1. The van der Waals surface area contributed by atoms with E-state index in [-0.39, 0.29) is 5.69 Å². The average Bonchev–Trinajstić information content (AvgIpc) is 2.92.